The number of hydrogen-bond acceptors (Lipinski definition) is 5. The third kappa shape index (κ3) is 6.87. The molecule has 0 saturated carbocycles. The maximum Gasteiger partial charge on any atom is 0.435 e. The lowest BCUT2D eigenvalue weighted by Crippen LogP contribution is -2.29. The number of pyridine rings is 1. The van der Waals surface area contributed by atoms with E-state index in [1.165, 1.54) is 18.3 Å². The normalized spacial score (nSPS) is 15.0. The first-order valence-corrected chi connectivity index (χ1v) is 14.2. The van der Waals surface area contributed by atoms with Crippen molar-refractivity contribution in [3.63, 3.8) is 0 Å². The second-order valence-electron chi connectivity index (χ2n) is 12.2. The van der Waals surface area contributed by atoms with E-state index in [0.29, 0.717) is 17.2 Å². The molecule has 0 saturated heterocycles. The highest BCUT2D eigenvalue weighted by Crippen LogP contribution is 2.41. The predicted molar refractivity (Wildman–Crippen MR) is 154 cm³/mol. The molecule has 13 heteroatoms. The lowest BCUT2D eigenvalue weighted by Gasteiger charge is -2.29. The summed E-state index contributed by atoms with van der Waals surface area (Å²) in [4.78, 5) is 42.7. The minimum atomic E-state index is -4.93. The highest BCUT2D eigenvalue weighted by Gasteiger charge is 2.45. The quantitative estimate of drug-likeness (QED) is 0.207. The molecule has 240 valence electrons. The number of primary amides is 1. The molecule has 1 amide bonds. The molecule has 46 heavy (non-hydrogen) atoms. The summed E-state index contributed by atoms with van der Waals surface area (Å²) >= 11 is 0. The summed E-state index contributed by atoms with van der Waals surface area (Å²) in [6.45, 7) is 2.85. The van der Waals surface area contributed by atoms with Gasteiger partial charge in [-0.25, -0.2) is 13.2 Å². The molecule has 0 spiro atoms. The van der Waals surface area contributed by atoms with Crippen molar-refractivity contribution in [1.82, 2.24) is 14.8 Å². The number of aromatic nitrogens is 3. The lowest BCUT2D eigenvalue weighted by molar-refractivity contribution is -0.142. The third-order valence-electron chi connectivity index (χ3n) is 7.86. The molecule has 2 N–H and O–H groups in total. The number of alkyl halides is 3. The zero-order chi connectivity index (χ0) is 33.6. The van der Waals surface area contributed by atoms with Gasteiger partial charge in [-0.2, -0.15) is 18.3 Å². The molecule has 1 aliphatic carbocycles. The number of carbonyl (C=O) groups excluding carboxylic acids is 3. The Bertz CT molecular complexity index is 1840. The first kappa shape index (κ1) is 32.6. The van der Waals surface area contributed by atoms with Gasteiger partial charge in [-0.3, -0.25) is 24.0 Å². The van der Waals surface area contributed by atoms with E-state index in [9.17, 15) is 40.7 Å². The number of nitrogens with zero attached hydrogens (tertiary/aromatic N) is 3. The summed E-state index contributed by atoms with van der Waals surface area (Å²) < 4.78 is 85.2. The highest BCUT2D eigenvalue weighted by atomic mass is 19.4. The number of fused-ring (bicyclic) bond motifs is 1. The SMILES string of the molecule is CC1(C)CC(=O)c2c(C(F)(F)F)nn(CC(=O)C[C@@H](Cc3cc(F)cc(F)c3)c3ncccc3-c3ccc(F)c(C(N)=O)c3)c2C1. The maximum absolute atomic E-state index is 14.3. The van der Waals surface area contributed by atoms with Gasteiger partial charge in [0.2, 0.25) is 0 Å². The molecule has 1 aliphatic rings. The van der Waals surface area contributed by atoms with Crippen LogP contribution in [0.5, 0.6) is 0 Å². The molecule has 0 aliphatic heterocycles. The molecule has 0 unspecified atom stereocenters. The number of halogens is 6. The van der Waals surface area contributed by atoms with E-state index in [1.807, 2.05) is 0 Å². The lowest BCUT2D eigenvalue weighted by atomic mass is 9.75. The molecule has 4 aromatic rings. The van der Waals surface area contributed by atoms with Crippen LogP contribution in [0.2, 0.25) is 0 Å². The number of carbonyl (C=O) groups is 3. The van der Waals surface area contributed by atoms with Crippen molar-refractivity contribution in [2.45, 2.75) is 58.2 Å². The molecule has 5 rings (SSSR count). The summed E-state index contributed by atoms with van der Waals surface area (Å²) in [6, 6.07) is 9.62. The summed E-state index contributed by atoms with van der Waals surface area (Å²) in [5, 5.41) is 3.66. The van der Waals surface area contributed by atoms with E-state index in [-0.39, 0.29) is 42.6 Å². The number of hydrogen-bond donors (Lipinski definition) is 1. The number of rotatable bonds is 9. The van der Waals surface area contributed by atoms with Gasteiger partial charge in [0.25, 0.3) is 5.91 Å². The van der Waals surface area contributed by atoms with E-state index in [0.717, 1.165) is 22.9 Å². The molecule has 2 aromatic heterocycles. The number of amides is 1. The van der Waals surface area contributed by atoms with Crippen molar-refractivity contribution in [2.75, 3.05) is 0 Å². The Labute approximate surface area is 259 Å². The van der Waals surface area contributed by atoms with E-state index in [2.05, 4.69) is 10.1 Å². The minimum Gasteiger partial charge on any atom is -0.366 e. The van der Waals surface area contributed by atoms with Crippen molar-refractivity contribution in [2.24, 2.45) is 11.1 Å². The van der Waals surface area contributed by atoms with Gasteiger partial charge in [0.15, 0.2) is 17.3 Å². The van der Waals surface area contributed by atoms with Crippen LogP contribution in [-0.2, 0) is 30.4 Å². The number of Topliss-reactive ketones (excluding diaryl/α,β-unsaturated/α-hetero) is 2. The van der Waals surface area contributed by atoms with Crippen molar-refractivity contribution in [3.05, 3.63) is 106 Å². The average Bonchev–Trinajstić information content (AvgIpc) is 3.30. The van der Waals surface area contributed by atoms with Crippen molar-refractivity contribution in [3.8, 4) is 11.1 Å². The van der Waals surface area contributed by atoms with Crippen LogP contribution < -0.4 is 5.73 Å². The van der Waals surface area contributed by atoms with Crippen LogP contribution >= 0.6 is 0 Å². The first-order valence-electron chi connectivity index (χ1n) is 14.2. The van der Waals surface area contributed by atoms with E-state index in [4.69, 9.17) is 5.73 Å². The summed E-state index contributed by atoms with van der Waals surface area (Å²) in [7, 11) is 0. The van der Waals surface area contributed by atoms with Crippen LogP contribution in [-0.4, -0.2) is 32.2 Å². The number of nitrogens with two attached hydrogens (primary N) is 1. The fourth-order valence-corrected chi connectivity index (χ4v) is 5.99. The molecular weight excluding hydrogens is 614 g/mol. The molecule has 2 aromatic carbocycles. The fourth-order valence-electron chi connectivity index (χ4n) is 5.99. The van der Waals surface area contributed by atoms with Gasteiger partial charge in [0.05, 0.1) is 29.1 Å². The Morgan fingerprint density at radius 1 is 1.02 bits per heavy atom. The second kappa shape index (κ2) is 12.2. The molecule has 1 atom stereocenters. The van der Waals surface area contributed by atoms with Gasteiger partial charge in [0, 0.05) is 36.6 Å². The van der Waals surface area contributed by atoms with Gasteiger partial charge in [-0.15, -0.1) is 0 Å². The van der Waals surface area contributed by atoms with Gasteiger partial charge in [0.1, 0.15) is 17.5 Å². The predicted octanol–water partition coefficient (Wildman–Crippen LogP) is 6.62. The van der Waals surface area contributed by atoms with Gasteiger partial charge in [-0.1, -0.05) is 26.0 Å². The first-order chi connectivity index (χ1) is 21.5. The highest BCUT2D eigenvalue weighted by molar-refractivity contribution is 6.00. The van der Waals surface area contributed by atoms with Crippen molar-refractivity contribution >= 4 is 17.5 Å². The second-order valence-corrected chi connectivity index (χ2v) is 12.2. The Hall–Kier alpha value is -4.81. The zero-order valence-corrected chi connectivity index (χ0v) is 24.7. The van der Waals surface area contributed by atoms with E-state index >= 15 is 0 Å². The van der Waals surface area contributed by atoms with Gasteiger partial charge in [-0.05, 0) is 59.7 Å². The molecule has 0 radical (unpaired) electrons. The maximum atomic E-state index is 14.3. The van der Waals surface area contributed by atoms with E-state index < -0.39 is 75.8 Å². The zero-order valence-electron chi connectivity index (χ0n) is 24.7. The van der Waals surface area contributed by atoms with Gasteiger partial charge >= 0.3 is 6.18 Å². The standard InChI is InChI=1S/C33H28F6N4O3/c1-32(2)14-26-28(27(45)15-32)30(33(37,38)39)42-43(26)16-22(44)11-19(8-17-9-20(34)13-21(35)10-17)29-23(4-3-7-41-29)18-5-6-25(36)24(12-18)31(40)46/h3-7,9-10,12-13,19H,8,11,14-16H2,1-2H3,(H2,40,46)/t19-/m1/s1. The van der Waals surface area contributed by atoms with Crippen LogP contribution in [0.25, 0.3) is 11.1 Å². The van der Waals surface area contributed by atoms with Crippen LogP contribution in [0, 0.1) is 22.9 Å². The number of ketones is 2. The summed E-state index contributed by atoms with van der Waals surface area (Å²) in [5.41, 5.74) is 3.48. The monoisotopic (exact) mass is 642 g/mol. The Morgan fingerprint density at radius 3 is 2.37 bits per heavy atom. The van der Waals surface area contributed by atoms with Crippen molar-refractivity contribution < 1.29 is 40.7 Å². The molecule has 0 fully saturated rings. The Morgan fingerprint density at radius 2 is 1.72 bits per heavy atom. The number of benzene rings is 2. The Balaban J connectivity index is 1.55. The molecule has 2 heterocycles. The van der Waals surface area contributed by atoms with Crippen LogP contribution in [0.4, 0.5) is 26.3 Å². The molecular formula is C33H28F6N4O3. The van der Waals surface area contributed by atoms with Crippen molar-refractivity contribution in [1.29, 1.82) is 0 Å². The summed E-state index contributed by atoms with van der Waals surface area (Å²) in [6.07, 6.45) is -4.04. The largest absolute Gasteiger partial charge is 0.435 e. The average molecular weight is 643 g/mol. The smallest absolute Gasteiger partial charge is 0.366 e. The Kier molecular flexibility index (Phi) is 8.63. The fraction of sp³-hybridized carbons (Fsp3) is 0.303. The minimum absolute atomic E-state index is 0.00879. The van der Waals surface area contributed by atoms with Gasteiger partial charge < -0.3 is 5.73 Å². The topological polar surface area (TPSA) is 108 Å². The summed E-state index contributed by atoms with van der Waals surface area (Å²) in [5.74, 6) is -5.79. The van der Waals surface area contributed by atoms with Crippen LogP contribution in [0.3, 0.4) is 0 Å². The molecule has 0 bridgehead atoms. The van der Waals surface area contributed by atoms with Crippen LogP contribution in [0.15, 0.2) is 54.7 Å². The third-order valence-corrected chi connectivity index (χ3v) is 7.86. The van der Waals surface area contributed by atoms with Crippen LogP contribution in [0.1, 0.15) is 76.0 Å². The van der Waals surface area contributed by atoms with E-state index in [1.54, 1.807) is 26.0 Å². The molecule has 7 nitrogen and oxygen atoms in total.